The van der Waals surface area contributed by atoms with E-state index in [1.165, 1.54) is 43.4 Å². The van der Waals surface area contributed by atoms with Crippen LogP contribution in [0.2, 0.25) is 0 Å². The summed E-state index contributed by atoms with van der Waals surface area (Å²) in [6, 6.07) is 17.1. The number of hydrogen-bond donors (Lipinski definition) is 0. The van der Waals surface area contributed by atoms with Crippen LogP contribution < -0.4 is 9.64 Å². The molecular formula is C28H31N3O. The lowest BCUT2D eigenvalue weighted by molar-refractivity contribution is 0.0620. The smallest absolute Gasteiger partial charge is 0.229 e. The summed E-state index contributed by atoms with van der Waals surface area (Å²) in [5.74, 6) is 1.56. The second-order valence-corrected chi connectivity index (χ2v) is 9.86. The predicted octanol–water partition coefficient (Wildman–Crippen LogP) is 6.79. The maximum Gasteiger partial charge on any atom is 0.229 e. The number of anilines is 1. The second kappa shape index (κ2) is 7.33. The van der Waals surface area contributed by atoms with Crippen molar-refractivity contribution in [3.05, 3.63) is 60.3 Å². The van der Waals surface area contributed by atoms with E-state index in [4.69, 9.17) is 9.73 Å². The molecule has 4 nitrogen and oxygen atoms in total. The minimum absolute atomic E-state index is 0.191. The van der Waals surface area contributed by atoms with Crippen molar-refractivity contribution < 1.29 is 4.74 Å². The molecule has 0 N–H and O–H groups in total. The molecule has 2 aromatic carbocycles. The molecule has 2 unspecified atom stereocenters. The molecule has 0 saturated heterocycles. The van der Waals surface area contributed by atoms with Crippen LogP contribution >= 0.6 is 0 Å². The number of ether oxygens (including phenoxy) is 1. The molecule has 3 aromatic rings. The number of benzene rings is 2. The fourth-order valence-electron chi connectivity index (χ4n) is 6.21. The van der Waals surface area contributed by atoms with Gasteiger partial charge in [0.1, 0.15) is 11.4 Å². The topological polar surface area (TPSA) is 37.7 Å². The molecule has 3 heterocycles. The van der Waals surface area contributed by atoms with Crippen LogP contribution in [-0.4, -0.2) is 23.5 Å². The second-order valence-electron chi connectivity index (χ2n) is 9.86. The van der Waals surface area contributed by atoms with Crippen LogP contribution in [0.5, 0.6) is 5.75 Å². The van der Waals surface area contributed by atoms with Crippen molar-refractivity contribution in [3.8, 4) is 5.75 Å². The molecule has 1 fully saturated rings. The normalized spacial score (nSPS) is 26.9. The number of fused-ring (bicyclic) bond motifs is 4. The monoisotopic (exact) mass is 425 g/mol. The highest BCUT2D eigenvalue weighted by atomic mass is 16.5. The molecular weight excluding hydrogens is 394 g/mol. The SMILES string of the molecule is CCC1(C)c2ccccc2N(CC2CCCCC2)C12C=Nc1c(ccc3ncccc13)O2. The molecule has 2 aliphatic heterocycles. The summed E-state index contributed by atoms with van der Waals surface area (Å²) in [6.07, 6.45) is 11.6. The minimum atomic E-state index is -0.619. The number of para-hydroxylation sites is 1. The zero-order valence-electron chi connectivity index (χ0n) is 19.1. The summed E-state index contributed by atoms with van der Waals surface area (Å²) >= 11 is 0. The van der Waals surface area contributed by atoms with Gasteiger partial charge < -0.3 is 9.64 Å². The molecule has 6 rings (SSSR count). The molecule has 32 heavy (non-hydrogen) atoms. The molecule has 1 saturated carbocycles. The molecule has 2 atom stereocenters. The molecule has 4 heteroatoms. The lowest BCUT2D eigenvalue weighted by Gasteiger charge is -2.48. The highest BCUT2D eigenvalue weighted by Gasteiger charge is 2.61. The lowest BCUT2D eigenvalue weighted by atomic mass is 9.73. The number of rotatable bonds is 3. The highest BCUT2D eigenvalue weighted by Crippen LogP contribution is 2.56. The summed E-state index contributed by atoms with van der Waals surface area (Å²) in [5.41, 5.74) is 3.72. The van der Waals surface area contributed by atoms with Gasteiger partial charge in [0.25, 0.3) is 0 Å². The zero-order valence-corrected chi connectivity index (χ0v) is 19.1. The van der Waals surface area contributed by atoms with Crippen molar-refractivity contribution in [3.63, 3.8) is 0 Å². The maximum absolute atomic E-state index is 7.08. The third-order valence-corrected chi connectivity index (χ3v) is 8.21. The Kier molecular flexibility index (Phi) is 4.53. The van der Waals surface area contributed by atoms with Gasteiger partial charge in [0.05, 0.1) is 17.1 Å². The van der Waals surface area contributed by atoms with Crippen LogP contribution in [0.15, 0.2) is 59.7 Å². The molecule has 0 bridgehead atoms. The first-order chi connectivity index (χ1) is 15.7. The van der Waals surface area contributed by atoms with E-state index in [0.717, 1.165) is 35.3 Å². The molecule has 164 valence electrons. The van der Waals surface area contributed by atoms with E-state index in [1.807, 2.05) is 12.3 Å². The van der Waals surface area contributed by atoms with Gasteiger partial charge in [-0.05, 0) is 68.0 Å². The average molecular weight is 426 g/mol. The van der Waals surface area contributed by atoms with Crippen molar-refractivity contribution >= 4 is 28.5 Å². The summed E-state index contributed by atoms with van der Waals surface area (Å²) in [4.78, 5) is 12.1. The standard InChI is InChI=1S/C28H31N3O/c1-3-27(2)22-13-7-8-14-24(22)31(18-20-10-5-4-6-11-20)28(27)19-30-26-21-12-9-17-29-23(21)15-16-25(26)32-28/h7-9,12-17,19-20H,3-6,10-11,18H2,1-2H3. The summed E-state index contributed by atoms with van der Waals surface area (Å²) < 4.78 is 7.08. The van der Waals surface area contributed by atoms with E-state index in [0.29, 0.717) is 5.92 Å². The van der Waals surface area contributed by atoms with Crippen molar-refractivity contribution in [2.45, 2.75) is 63.5 Å². The summed E-state index contributed by atoms with van der Waals surface area (Å²) in [5, 5.41) is 1.05. The Morgan fingerprint density at radius 2 is 1.88 bits per heavy atom. The third-order valence-electron chi connectivity index (χ3n) is 8.21. The van der Waals surface area contributed by atoms with Gasteiger partial charge in [0.15, 0.2) is 0 Å². The number of hydrogen-bond acceptors (Lipinski definition) is 4. The summed E-state index contributed by atoms with van der Waals surface area (Å²) in [7, 11) is 0. The predicted molar refractivity (Wildman–Crippen MR) is 131 cm³/mol. The Balaban J connectivity index is 1.51. The Morgan fingerprint density at radius 3 is 2.72 bits per heavy atom. The van der Waals surface area contributed by atoms with Crippen LogP contribution in [0.1, 0.15) is 57.9 Å². The fraction of sp³-hybridized carbons (Fsp3) is 0.429. The molecule has 0 radical (unpaired) electrons. The van der Waals surface area contributed by atoms with Gasteiger partial charge >= 0.3 is 0 Å². The van der Waals surface area contributed by atoms with Crippen molar-refractivity contribution in [2.75, 3.05) is 11.4 Å². The van der Waals surface area contributed by atoms with Crippen molar-refractivity contribution in [2.24, 2.45) is 10.9 Å². The van der Waals surface area contributed by atoms with Gasteiger partial charge in [-0.3, -0.25) is 9.98 Å². The van der Waals surface area contributed by atoms with Crippen LogP contribution in [-0.2, 0) is 5.41 Å². The Bertz CT molecular complexity index is 1200. The van der Waals surface area contributed by atoms with E-state index in [2.05, 4.69) is 72.4 Å². The van der Waals surface area contributed by atoms with Crippen molar-refractivity contribution in [1.82, 2.24) is 4.98 Å². The Morgan fingerprint density at radius 1 is 1.03 bits per heavy atom. The largest absolute Gasteiger partial charge is 0.459 e. The molecule has 1 spiro atoms. The summed E-state index contributed by atoms with van der Waals surface area (Å²) in [6.45, 7) is 5.65. The van der Waals surface area contributed by atoms with Gasteiger partial charge in [-0.2, -0.15) is 0 Å². The van der Waals surface area contributed by atoms with Crippen molar-refractivity contribution in [1.29, 1.82) is 0 Å². The molecule has 0 amide bonds. The molecule has 3 aliphatic rings. The molecule has 1 aliphatic carbocycles. The van der Waals surface area contributed by atoms with E-state index in [1.54, 1.807) is 0 Å². The van der Waals surface area contributed by atoms with Crippen LogP contribution in [0.25, 0.3) is 10.9 Å². The lowest BCUT2D eigenvalue weighted by Crippen LogP contribution is -2.63. The maximum atomic E-state index is 7.08. The van der Waals surface area contributed by atoms with Gasteiger partial charge in [-0.15, -0.1) is 0 Å². The van der Waals surface area contributed by atoms with E-state index < -0.39 is 5.72 Å². The Hall–Kier alpha value is -2.88. The fourth-order valence-corrected chi connectivity index (χ4v) is 6.21. The molecule has 1 aromatic heterocycles. The first-order valence-electron chi connectivity index (χ1n) is 12.2. The van der Waals surface area contributed by atoms with Gasteiger partial charge in [0, 0.05) is 23.8 Å². The highest BCUT2D eigenvalue weighted by molar-refractivity contribution is 5.98. The quantitative estimate of drug-likeness (QED) is 0.463. The number of aromatic nitrogens is 1. The zero-order chi connectivity index (χ0) is 21.8. The number of aliphatic imine (C=N–C) groups is 1. The average Bonchev–Trinajstić information content (AvgIpc) is 3.04. The van der Waals surface area contributed by atoms with Crippen LogP contribution in [0.3, 0.4) is 0 Å². The van der Waals surface area contributed by atoms with Crippen LogP contribution in [0, 0.1) is 5.92 Å². The van der Waals surface area contributed by atoms with E-state index >= 15 is 0 Å². The first kappa shape index (κ1) is 19.8. The van der Waals surface area contributed by atoms with Crippen LogP contribution in [0.4, 0.5) is 11.4 Å². The van der Waals surface area contributed by atoms with E-state index in [-0.39, 0.29) is 5.41 Å². The third kappa shape index (κ3) is 2.68. The Labute approximate surface area is 190 Å². The van der Waals surface area contributed by atoms with Gasteiger partial charge in [-0.25, -0.2) is 0 Å². The van der Waals surface area contributed by atoms with E-state index in [9.17, 15) is 0 Å². The number of nitrogens with zero attached hydrogens (tertiary/aromatic N) is 3. The first-order valence-corrected chi connectivity index (χ1v) is 12.2. The number of pyridine rings is 1. The van der Waals surface area contributed by atoms with Gasteiger partial charge in [0.2, 0.25) is 5.72 Å². The van der Waals surface area contributed by atoms with Gasteiger partial charge in [-0.1, -0.05) is 44.4 Å². The minimum Gasteiger partial charge on any atom is -0.459 e.